The lowest BCUT2D eigenvalue weighted by Crippen LogP contribution is -2.31. The van der Waals surface area contributed by atoms with Crippen molar-refractivity contribution < 1.29 is 9.90 Å². The number of carbonyl (C=O) groups is 1. The number of aromatic amines is 1. The molecule has 3 heterocycles. The number of H-pyrrole nitrogens is 1. The van der Waals surface area contributed by atoms with Gasteiger partial charge >= 0.3 is 5.97 Å². The van der Waals surface area contributed by atoms with Gasteiger partial charge in [0.15, 0.2) is 0 Å². The van der Waals surface area contributed by atoms with Gasteiger partial charge in [0.1, 0.15) is 11.4 Å². The third-order valence-electron chi connectivity index (χ3n) is 5.21. The summed E-state index contributed by atoms with van der Waals surface area (Å²) >= 11 is 0. The van der Waals surface area contributed by atoms with Gasteiger partial charge in [-0.3, -0.25) is 9.79 Å². The molecule has 0 atom stereocenters. The van der Waals surface area contributed by atoms with Crippen LogP contribution in [0, 0.1) is 0 Å². The molecule has 0 aliphatic carbocycles. The molecular weight excluding hydrogens is 356 g/mol. The average molecular weight is 378 g/mol. The Balaban J connectivity index is 1.85. The summed E-state index contributed by atoms with van der Waals surface area (Å²) in [6.45, 7) is 3.68. The Labute approximate surface area is 161 Å². The molecule has 0 saturated carbocycles. The number of pyridine rings is 1. The second kappa shape index (κ2) is 6.99. The molecule has 7 nitrogen and oxygen atoms in total. The predicted molar refractivity (Wildman–Crippen MR) is 109 cm³/mol. The third-order valence-corrected chi connectivity index (χ3v) is 5.21. The average Bonchev–Trinajstić information content (AvgIpc) is 3.04. The molecule has 2 aromatic heterocycles. The molecule has 0 radical (unpaired) electrons. The number of rotatable bonds is 4. The first-order valence-electron chi connectivity index (χ1n) is 9.37. The molecule has 0 saturated heterocycles. The zero-order valence-corrected chi connectivity index (χ0v) is 15.9. The number of carboxylic acids is 1. The van der Waals surface area contributed by atoms with Gasteiger partial charge in [-0.2, -0.15) is 0 Å². The molecule has 0 amide bonds. The van der Waals surface area contributed by atoms with E-state index in [1.54, 1.807) is 0 Å². The molecule has 0 unspecified atom stereocenters. The SMILES string of the molecule is CCc1cc(C(=O)O)c(=O)[nH]c1-c1ccc2c(c1)cc(C1=NCCCN1)n2C. The smallest absolute Gasteiger partial charge is 0.341 e. The van der Waals surface area contributed by atoms with Crippen LogP contribution >= 0.6 is 0 Å². The first-order chi connectivity index (χ1) is 13.5. The zero-order chi connectivity index (χ0) is 19.8. The highest BCUT2D eigenvalue weighted by molar-refractivity contribution is 6.03. The number of aromatic nitrogens is 2. The number of hydrogen-bond donors (Lipinski definition) is 3. The number of carboxylic acid groups (broad SMARTS) is 1. The van der Waals surface area contributed by atoms with Crippen LogP contribution < -0.4 is 10.9 Å². The van der Waals surface area contributed by atoms with Crippen molar-refractivity contribution in [3.05, 3.63) is 57.5 Å². The van der Waals surface area contributed by atoms with Crippen molar-refractivity contribution >= 4 is 22.7 Å². The second-order valence-electron chi connectivity index (χ2n) is 6.94. The monoisotopic (exact) mass is 378 g/mol. The summed E-state index contributed by atoms with van der Waals surface area (Å²) in [5.41, 5.74) is 3.59. The number of nitrogens with one attached hydrogen (secondary N) is 2. The molecule has 4 rings (SSSR count). The number of fused-ring (bicyclic) bond motifs is 1. The van der Waals surface area contributed by atoms with Gasteiger partial charge in [-0.1, -0.05) is 13.0 Å². The van der Waals surface area contributed by atoms with E-state index < -0.39 is 11.5 Å². The molecule has 3 N–H and O–H groups in total. The number of aliphatic imine (C=N–C) groups is 1. The molecule has 0 bridgehead atoms. The van der Waals surface area contributed by atoms with Gasteiger partial charge in [-0.15, -0.1) is 0 Å². The van der Waals surface area contributed by atoms with E-state index in [4.69, 9.17) is 0 Å². The molecule has 144 valence electrons. The molecule has 1 aromatic carbocycles. The van der Waals surface area contributed by atoms with Crippen LogP contribution in [0.15, 0.2) is 40.1 Å². The summed E-state index contributed by atoms with van der Waals surface area (Å²) in [5.74, 6) is -0.314. The molecule has 3 aromatic rings. The van der Waals surface area contributed by atoms with Crippen molar-refractivity contribution in [2.75, 3.05) is 13.1 Å². The minimum Gasteiger partial charge on any atom is -0.477 e. The molecule has 0 fully saturated rings. The highest BCUT2D eigenvalue weighted by Crippen LogP contribution is 2.28. The summed E-state index contributed by atoms with van der Waals surface area (Å²) in [6.07, 6.45) is 1.66. The van der Waals surface area contributed by atoms with Crippen LogP contribution in [-0.2, 0) is 13.5 Å². The minimum absolute atomic E-state index is 0.231. The van der Waals surface area contributed by atoms with Gasteiger partial charge in [0.25, 0.3) is 5.56 Å². The third kappa shape index (κ3) is 2.98. The highest BCUT2D eigenvalue weighted by atomic mass is 16.4. The summed E-state index contributed by atoms with van der Waals surface area (Å²) in [4.78, 5) is 30.8. The number of benzene rings is 1. The van der Waals surface area contributed by atoms with E-state index in [1.165, 1.54) is 6.07 Å². The van der Waals surface area contributed by atoms with Gasteiger partial charge in [0.05, 0.1) is 11.4 Å². The fraction of sp³-hybridized carbons (Fsp3) is 0.286. The van der Waals surface area contributed by atoms with Gasteiger partial charge in [0.2, 0.25) is 0 Å². The molecule has 7 heteroatoms. The molecule has 1 aliphatic heterocycles. The first-order valence-corrected chi connectivity index (χ1v) is 9.37. The summed E-state index contributed by atoms with van der Waals surface area (Å²) in [5, 5.41) is 13.6. The van der Waals surface area contributed by atoms with Crippen LogP contribution in [0.2, 0.25) is 0 Å². The molecule has 1 aliphatic rings. The lowest BCUT2D eigenvalue weighted by Gasteiger charge is -2.15. The van der Waals surface area contributed by atoms with Gasteiger partial charge < -0.3 is 20.0 Å². The topological polar surface area (TPSA) is 99.5 Å². The van der Waals surface area contributed by atoms with Gasteiger partial charge in [-0.25, -0.2) is 4.79 Å². The van der Waals surface area contributed by atoms with Crippen molar-refractivity contribution in [1.82, 2.24) is 14.9 Å². The highest BCUT2D eigenvalue weighted by Gasteiger charge is 2.17. The lowest BCUT2D eigenvalue weighted by atomic mass is 10.0. The predicted octanol–water partition coefficient (Wildman–Crippen LogP) is 2.53. The maximum absolute atomic E-state index is 12.2. The van der Waals surface area contributed by atoms with E-state index >= 15 is 0 Å². The van der Waals surface area contributed by atoms with Crippen LogP contribution in [0.5, 0.6) is 0 Å². The van der Waals surface area contributed by atoms with Crippen molar-refractivity contribution in [3.63, 3.8) is 0 Å². The summed E-state index contributed by atoms with van der Waals surface area (Å²) in [6, 6.07) is 9.55. The number of nitrogens with zero attached hydrogens (tertiary/aromatic N) is 2. The van der Waals surface area contributed by atoms with E-state index in [-0.39, 0.29) is 5.56 Å². The minimum atomic E-state index is -1.22. The maximum Gasteiger partial charge on any atom is 0.341 e. The van der Waals surface area contributed by atoms with E-state index in [0.29, 0.717) is 12.1 Å². The maximum atomic E-state index is 12.2. The normalized spacial score (nSPS) is 14.0. The Hall–Kier alpha value is -3.35. The number of aromatic carboxylic acids is 1. The fourth-order valence-electron chi connectivity index (χ4n) is 3.70. The number of aryl methyl sites for hydroxylation is 2. The first kappa shape index (κ1) is 18.0. The summed E-state index contributed by atoms with van der Waals surface area (Å²) in [7, 11) is 2.01. The Kier molecular flexibility index (Phi) is 4.50. The summed E-state index contributed by atoms with van der Waals surface area (Å²) < 4.78 is 2.10. The van der Waals surface area contributed by atoms with Crippen LogP contribution in [0.25, 0.3) is 22.2 Å². The van der Waals surface area contributed by atoms with Gasteiger partial charge in [-0.05, 0) is 48.2 Å². The van der Waals surface area contributed by atoms with Crippen molar-refractivity contribution in [2.45, 2.75) is 19.8 Å². The Morgan fingerprint density at radius 1 is 1.29 bits per heavy atom. The zero-order valence-electron chi connectivity index (χ0n) is 15.9. The van der Waals surface area contributed by atoms with E-state index in [1.807, 2.05) is 32.2 Å². The fourth-order valence-corrected chi connectivity index (χ4v) is 3.70. The van der Waals surface area contributed by atoms with Gasteiger partial charge in [0, 0.05) is 31.0 Å². The second-order valence-corrected chi connectivity index (χ2v) is 6.94. The number of hydrogen-bond acceptors (Lipinski definition) is 4. The molecule has 0 spiro atoms. The molecular formula is C21H22N4O3. The Morgan fingerprint density at radius 3 is 2.79 bits per heavy atom. The van der Waals surface area contributed by atoms with E-state index in [9.17, 15) is 14.7 Å². The number of amidine groups is 1. The van der Waals surface area contributed by atoms with Crippen LogP contribution in [0.4, 0.5) is 0 Å². The Bertz CT molecular complexity index is 1170. The van der Waals surface area contributed by atoms with E-state index in [2.05, 4.69) is 25.9 Å². The Morgan fingerprint density at radius 2 is 2.11 bits per heavy atom. The largest absolute Gasteiger partial charge is 0.477 e. The van der Waals surface area contributed by atoms with Crippen molar-refractivity contribution in [2.24, 2.45) is 12.0 Å². The quantitative estimate of drug-likeness (QED) is 0.650. The van der Waals surface area contributed by atoms with Crippen molar-refractivity contribution in [3.8, 4) is 11.3 Å². The van der Waals surface area contributed by atoms with Crippen LogP contribution in [0.1, 0.15) is 35.0 Å². The van der Waals surface area contributed by atoms with E-state index in [0.717, 1.165) is 53.1 Å². The van der Waals surface area contributed by atoms with Crippen molar-refractivity contribution in [1.29, 1.82) is 0 Å². The molecule has 28 heavy (non-hydrogen) atoms. The standard InChI is InChI=1S/C21H22N4O3/c1-3-12-10-15(21(27)28)20(26)24-18(12)13-5-6-16-14(9-13)11-17(25(16)2)19-22-7-4-8-23-19/h5-6,9-11H,3-4,7-8H2,1-2H3,(H,22,23)(H,24,26)(H,27,28). The lowest BCUT2D eigenvalue weighted by molar-refractivity contribution is 0.0695. The van der Waals surface area contributed by atoms with Crippen LogP contribution in [-0.4, -0.2) is 39.6 Å². The van der Waals surface area contributed by atoms with Crippen LogP contribution in [0.3, 0.4) is 0 Å².